The van der Waals surface area contributed by atoms with Crippen molar-refractivity contribution in [2.75, 3.05) is 0 Å². The molecule has 0 aromatic carbocycles. The lowest BCUT2D eigenvalue weighted by Crippen LogP contribution is -2.23. The molecule has 0 aliphatic carbocycles. The van der Waals surface area contributed by atoms with Crippen LogP contribution in [0.15, 0.2) is 6.33 Å². The van der Waals surface area contributed by atoms with Crippen molar-refractivity contribution in [3.05, 3.63) is 11.3 Å². The molecule has 0 spiro atoms. The molecule has 0 saturated heterocycles. The van der Waals surface area contributed by atoms with E-state index >= 15 is 0 Å². The standard InChI is InChI=1S/C9H13N5OS/c1-6(2)3-7(15)10-4-8-13-14-5-11-12-9(14)16-8/h5-6H,3-4H2,1-2H3,(H,10,15). The Bertz CT molecular complexity index is 460. The normalized spacial score (nSPS) is 11.2. The van der Waals surface area contributed by atoms with Crippen molar-refractivity contribution in [1.29, 1.82) is 0 Å². The van der Waals surface area contributed by atoms with Crippen molar-refractivity contribution < 1.29 is 4.79 Å². The fraction of sp³-hybridized carbons (Fsp3) is 0.556. The van der Waals surface area contributed by atoms with E-state index in [9.17, 15) is 4.79 Å². The average Bonchev–Trinajstić information content (AvgIpc) is 2.72. The highest BCUT2D eigenvalue weighted by Gasteiger charge is 2.08. The number of hydrogen-bond donors (Lipinski definition) is 1. The first-order valence-electron chi connectivity index (χ1n) is 5.07. The minimum Gasteiger partial charge on any atom is -0.350 e. The van der Waals surface area contributed by atoms with Crippen LogP contribution >= 0.6 is 11.3 Å². The number of nitrogens with one attached hydrogen (secondary N) is 1. The Balaban J connectivity index is 1.90. The van der Waals surface area contributed by atoms with E-state index in [1.165, 1.54) is 11.3 Å². The third-order valence-corrected chi connectivity index (χ3v) is 2.87. The molecule has 16 heavy (non-hydrogen) atoms. The Kier molecular flexibility index (Phi) is 3.14. The lowest BCUT2D eigenvalue weighted by molar-refractivity contribution is -0.121. The van der Waals surface area contributed by atoms with Crippen LogP contribution in [-0.2, 0) is 11.3 Å². The monoisotopic (exact) mass is 239 g/mol. The molecule has 6 nitrogen and oxygen atoms in total. The van der Waals surface area contributed by atoms with Gasteiger partial charge in [0.1, 0.15) is 11.3 Å². The van der Waals surface area contributed by atoms with Crippen LogP contribution in [-0.4, -0.2) is 25.7 Å². The molecule has 86 valence electrons. The van der Waals surface area contributed by atoms with Gasteiger partial charge in [0.15, 0.2) is 0 Å². The van der Waals surface area contributed by atoms with Crippen molar-refractivity contribution in [3.8, 4) is 0 Å². The molecular formula is C9H13N5OS. The molecule has 0 aliphatic rings. The molecular weight excluding hydrogens is 226 g/mol. The SMILES string of the molecule is CC(C)CC(=O)NCc1nn2cnnc2s1. The third kappa shape index (κ3) is 2.54. The molecule has 0 bridgehead atoms. The Morgan fingerprint density at radius 1 is 1.62 bits per heavy atom. The Morgan fingerprint density at radius 3 is 3.12 bits per heavy atom. The third-order valence-electron chi connectivity index (χ3n) is 1.96. The maximum atomic E-state index is 11.4. The fourth-order valence-electron chi connectivity index (χ4n) is 1.29. The summed E-state index contributed by atoms with van der Waals surface area (Å²) in [5.41, 5.74) is 0. The van der Waals surface area contributed by atoms with E-state index in [1.54, 1.807) is 10.8 Å². The number of carbonyl (C=O) groups excluding carboxylic acids is 1. The van der Waals surface area contributed by atoms with Gasteiger partial charge in [-0.15, -0.1) is 10.2 Å². The van der Waals surface area contributed by atoms with Crippen LogP contribution in [0.3, 0.4) is 0 Å². The van der Waals surface area contributed by atoms with Crippen molar-refractivity contribution in [1.82, 2.24) is 25.1 Å². The molecule has 0 unspecified atom stereocenters. The van der Waals surface area contributed by atoms with Crippen LogP contribution in [0.25, 0.3) is 4.96 Å². The summed E-state index contributed by atoms with van der Waals surface area (Å²) in [4.78, 5) is 12.2. The zero-order valence-corrected chi connectivity index (χ0v) is 9.99. The maximum absolute atomic E-state index is 11.4. The molecule has 2 aromatic heterocycles. The summed E-state index contributed by atoms with van der Waals surface area (Å²) in [6, 6.07) is 0. The van der Waals surface area contributed by atoms with Gasteiger partial charge in [0.2, 0.25) is 10.9 Å². The Hall–Kier alpha value is -1.50. The lowest BCUT2D eigenvalue weighted by Gasteiger charge is -2.04. The fourth-order valence-corrected chi connectivity index (χ4v) is 2.04. The molecule has 0 fully saturated rings. The van der Waals surface area contributed by atoms with Gasteiger partial charge < -0.3 is 5.32 Å². The molecule has 2 heterocycles. The minimum absolute atomic E-state index is 0.0564. The summed E-state index contributed by atoms with van der Waals surface area (Å²) >= 11 is 1.43. The zero-order chi connectivity index (χ0) is 11.5. The summed E-state index contributed by atoms with van der Waals surface area (Å²) in [7, 11) is 0. The van der Waals surface area contributed by atoms with E-state index in [-0.39, 0.29) is 5.91 Å². The van der Waals surface area contributed by atoms with Gasteiger partial charge in [-0.1, -0.05) is 25.2 Å². The molecule has 7 heteroatoms. The van der Waals surface area contributed by atoms with Crippen molar-refractivity contribution in [2.24, 2.45) is 5.92 Å². The number of rotatable bonds is 4. The second-order valence-electron chi connectivity index (χ2n) is 3.93. The lowest BCUT2D eigenvalue weighted by atomic mass is 10.1. The molecule has 0 saturated carbocycles. The minimum atomic E-state index is 0.0564. The van der Waals surface area contributed by atoms with Crippen LogP contribution in [0.1, 0.15) is 25.3 Å². The molecule has 2 aromatic rings. The van der Waals surface area contributed by atoms with Crippen LogP contribution in [0.2, 0.25) is 0 Å². The predicted molar refractivity (Wildman–Crippen MR) is 60.0 cm³/mol. The molecule has 0 aliphatic heterocycles. The van der Waals surface area contributed by atoms with Gasteiger partial charge in [-0.3, -0.25) is 4.79 Å². The first-order valence-corrected chi connectivity index (χ1v) is 5.89. The van der Waals surface area contributed by atoms with Gasteiger partial charge in [0.05, 0.1) is 6.54 Å². The van der Waals surface area contributed by atoms with Crippen molar-refractivity contribution >= 4 is 22.2 Å². The second kappa shape index (κ2) is 4.56. The first-order chi connectivity index (χ1) is 7.65. The van der Waals surface area contributed by atoms with Gasteiger partial charge in [-0.25, -0.2) is 0 Å². The van der Waals surface area contributed by atoms with Crippen LogP contribution in [0.5, 0.6) is 0 Å². The van der Waals surface area contributed by atoms with Gasteiger partial charge >= 0.3 is 0 Å². The maximum Gasteiger partial charge on any atom is 0.234 e. The zero-order valence-electron chi connectivity index (χ0n) is 9.17. The summed E-state index contributed by atoms with van der Waals surface area (Å²) in [6.45, 7) is 4.49. The molecule has 1 N–H and O–H groups in total. The van der Waals surface area contributed by atoms with E-state index in [4.69, 9.17) is 0 Å². The number of fused-ring (bicyclic) bond motifs is 1. The number of aromatic nitrogens is 4. The van der Waals surface area contributed by atoms with Gasteiger partial charge in [-0.05, 0) is 5.92 Å². The first kappa shape index (κ1) is 11.0. The summed E-state index contributed by atoms with van der Waals surface area (Å²) in [6.07, 6.45) is 2.09. The number of hydrogen-bond acceptors (Lipinski definition) is 5. The molecule has 0 radical (unpaired) electrons. The van der Waals surface area contributed by atoms with E-state index in [0.29, 0.717) is 18.9 Å². The molecule has 1 amide bonds. The highest BCUT2D eigenvalue weighted by molar-refractivity contribution is 7.16. The Labute approximate surface area is 96.7 Å². The van der Waals surface area contributed by atoms with E-state index in [1.807, 2.05) is 13.8 Å². The predicted octanol–water partition coefficient (Wildman–Crippen LogP) is 0.848. The highest BCUT2D eigenvalue weighted by Crippen LogP contribution is 2.11. The summed E-state index contributed by atoms with van der Waals surface area (Å²) in [5, 5.41) is 15.5. The van der Waals surface area contributed by atoms with Crippen LogP contribution in [0.4, 0.5) is 0 Å². The van der Waals surface area contributed by atoms with Crippen molar-refractivity contribution in [3.63, 3.8) is 0 Å². The highest BCUT2D eigenvalue weighted by atomic mass is 32.1. The number of amides is 1. The largest absolute Gasteiger partial charge is 0.350 e. The van der Waals surface area contributed by atoms with Crippen molar-refractivity contribution in [2.45, 2.75) is 26.8 Å². The molecule has 2 rings (SSSR count). The smallest absolute Gasteiger partial charge is 0.234 e. The topological polar surface area (TPSA) is 72.2 Å². The number of carbonyl (C=O) groups is 1. The average molecular weight is 239 g/mol. The molecule has 0 atom stereocenters. The Morgan fingerprint density at radius 2 is 2.44 bits per heavy atom. The van der Waals surface area contributed by atoms with E-state index < -0.39 is 0 Å². The number of nitrogens with zero attached hydrogens (tertiary/aromatic N) is 4. The summed E-state index contributed by atoms with van der Waals surface area (Å²) in [5.74, 6) is 0.429. The van der Waals surface area contributed by atoms with E-state index in [0.717, 1.165) is 9.97 Å². The van der Waals surface area contributed by atoms with Gasteiger partial charge in [-0.2, -0.15) is 9.61 Å². The quantitative estimate of drug-likeness (QED) is 0.858. The van der Waals surface area contributed by atoms with Crippen LogP contribution in [0, 0.1) is 5.92 Å². The summed E-state index contributed by atoms with van der Waals surface area (Å²) < 4.78 is 1.61. The van der Waals surface area contributed by atoms with Gasteiger partial charge in [0.25, 0.3) is 0 Å². The van der Waals surface area contributed by atoms with Gasteiger partial charge in [0, 0.05) is 6.42 Å². The van der Waals surface area contributed by atoms with E-state index in [2.05, 4.69) is 20.6 Å². The van der Waals surface area contributed by atoms with Crippen LogP contribution < -0.4 is 5.32 Å². The second-order valence-corrected chi connectivity index (χ2v) is 4.97.